The molecule has 128 valence electrons. The van der Waals surface area contributed by atoms with Crippen molar-refractivity contribution in [3.05, 3.63) is 68.5 Å². The first kappa shape index (κ1) is 17.3. The highest BCUT2D eigenvalue weighted by molar-refractivity contribution is 6.42. The second kappa shape index (κ2) is 7.17. The van der Waals surface area contributed by atoms with Gasteiger partial charge in [-0.05, 0) is 42.8 Å². The van der Waals surface area contributed by atoms with Crippen LogP contribution in [0.1, 0.15) is 5.56 Å². The van der Waals surface area contributed by atoms with Gasteiger partial charge in [-0.3, -0.25) is 4.79 Å². The molecule has 1 heterocycles. The van der Waals surface area contributed by atoms with E-state index >= 15 is 0 Å². The molecular formula is C18H13Cl2NO4. The van der Waals surface area contributed by atoms with Crippen LogP contribution in [-0.4, -0.2) is 12.5 Å². The Hall–Kier alpha value is -2.50. The molecule has 5 nitrogen and oxygen atoms in total. The first-order valence-electron chi connectivity index (χ1n) is 7.34. The highest BCUT2D eigenvalue weighted by Gasteiger charge is 2.08. The summed E-state index contributed by atoms with van der Waals surface area (Å²) in [5, 5.41) is 4.22. The van der Waals surface area contributed by atoms with E-state index in [2.05, 4.69) is 5.32 Å². The Morgan fingerprint density at radius 2 is 1.92 bits per heavy atom. The fraction of sp³-hybridized carbons (Fsp3) is 0.111. The fourth-order valence-electron chi connectivity index (χ4n) is 2.31. The molecule has 1 amide bonds. The quantitative estimate of drug-likeness (QED) is 0.683. The Kier molecular flexibility index (Phi) is 4.97. The van der Waals surface area contributed by atoms with E-state index in [9.17, 15) is 9.59 Å². The summed E-state index contributed by atoms with van der Waals surface area (Å²) in [7, 11) is 0. The highest BCUT2D eigenvalue weighted by Crippen LogP contribution is 2.25. The third kappa shape index (κ3) is 4.13. The van der Waals surface area contributed by atoms with E-state index in [4.69, 9.17) is 32.4 Å². The molecule has 0 atom stereocenters. The Balaban J connectivity index is 1.68. The lowest BCUT2D eigenvalue weighted by Gasteiger charge is -2.09. The van der Waals surface area contributed by atoms with E-state index in [-0.39, 0.29) is 12.5 Å². The maximum absolute atomic E-state index is 12.0. The van der Waals surface area contributed by atoms with Crippen LogP contribution < -0.4 is 15.7 Å². The van der Waals surface area contributed by atoms with Crippen molar-refractivity contribution in [1.82, 2.24) is 0 Å². The number of benzene rings is 2. The largest absolute Gasteiger partial charge is 0.484 e. The summed E-state index contributed by atoms with van der Waals surface area (Å²) in [6, 6.07) is 11.3. The fourth-order valence-corrected chi connectivity index (χ4v) is 2.61. The predicted octanol–water partition coefficient (Wildman–Crippen LogP) is 4.43. The molecule has 3 rings (SSSR count). The summed E-state index contributed by atoms with van der Waals surface area (Å²) in [4.78, 5) is 23.4. The number of fused-ring (bicyclic) bond motifs is 1. The van der Waals surface area contributed by atoms with E-state index in [0.29, 0.717) is 27.1 Å². The Labute approximate surface area is 153 Å². The van der Waals surface area contributed by atoms with Gasteiger partial charge in [-0.1, -0.05) is 23.2 Å². The van der Waals surface area contributed by atoms with Crippen molar-refractivity contribution in [2.24, 2.45) is 0 Å². The molecule has 1 N–H and O–H groups in total. The average molecular weight is 378 g/mol. The maximum atomic E-state index is 12.0. The van der Waals surface area contributed by atoms with Crippen LogP contribution in [0.2, 0.25) is 10.0 Å². The van der Waals surface area contributed by atoms with Crippen molar-refractivity contribution < 1.29 is 13.9 Å². The Morgan fingerprint density at radius 3 is 2.68 bits per heavy atom. The van der Waals surface area contributed by atoms with Gasteiger partial charge in [0.1, 0.15) is 11.3 Å². The third-order valence-electron chi connectivity index (χ3n) is 3.50. The summed E-state index contributed by atoms with van der Waals surface area (Å²) in [6.45, 7) is 1.62. The summed E-state index contributed by atoms with van der Waals surface area (Å²) >= 11 is 11.7. The van der Waals surface area contributed by atoms with Gasteiger partial charge in [-0.2, -0.15) is 0 Å². The Bertz CT molecular complexity index is 1010. The number of ether oxygens (including phenoxy) is 1. The van der Waals surface area contributed by atoms with Gasteiger partial charge >= 0.3 is 5.63 Å². The lowest BCUT2D eigenvalue weighted by Crippen LogP contribution is -2.20. The number of hydrogen-bond donors (Lipinski definition) is 1. The SMILES string of the molecule is Cc1cc(=O)oc2cc(OCC(=O)Nc3ccc(Cl)c(Cl)c3)ccc12. The predicted molar refractivity (Wildman–Crippen MR) is 97.8 cm³/mol. The number of carbonyl (C=O) groups is 1. The molecule has 0 spiro atoms. The highest BCUT2D eigenvalue weighted by atomic mass is 35.5. The number of nitrogens with one attached hydrogen (secondary N) is 1. The zero-order valence-electron chi connectivity index (χ0n) is 13.1. The molecule has 0 aliphatic carbocycles. The van der Waals surface area contributed by atoms with Crippen LogP contribution in [0.5, 0.6) is 5.75 Å². The van der Waals surface area contributed by atoms with Crippen molar-refractivity contribution in [2.75, 3.05) is 11.9 Å². The molecule has 0 unspecified atom stereocenters. The number of anilines is 1. The smallest absolute Gasteiger partial charge is 0.336 e. The topological polar surface area (TPSA) is 68.5 Å². The molecule has 1 aromatic heterocycles. The summed E-state index contributed by atoms with van der Waals surface area (Å²) in [5.41, 5.74) is 1.31. The molecule has 3 aromatic rings. The van der Waals surface area contributed by atoms with Gasteiger partial charge in [0.15, 0.2) is 6.61 Å². The number of aryl methyl sites for hydroxylation is 1. The number of amides is 1. The molecule has 0 radical (unpaired) electrons. The molecule has 2 aromatic carbocycles. The average Bonchev–Trinajstić information content (AvgIpc) is 2.56. The van der Waals surface area contributed by atoms with E-state index in [0.717, 1.165) is 10.9 Å². The minimum Gasteiger partial charge on any atom is -0.484 e. The summed E-state index contributed by atoms with van der Waals surface area (Å²) < 4.78 is 10.6. The number of halogens is 2. The molecular weight excluding hydrogens is 365 g/mol. The molecule has 0 saturated carbocycles. The second-order valence-corrected chi connectivity index (χ2v) is 6.19. The van der Waals surface area contributed by atoms with Crippen LogP contribution in [0.4, 0.5) is 5.69 Å². The van der Waals surface area contributed by atoms with E-state index in [1.165, 1.54) is 6.07 Å². The van der Waals surface area contributed by atoms with Crippen molar-refractivity contribution in [2.45, 2.75) is 6.92 Å². The van der Waals surface area contributed by atoms with Gasteiger partial charge in [0.05, 0.1) is 10.0 Å². The van der Waals surface area contributed by atoms with Crippen LogP contribution >= 0.6 is 23.2 Å². The van der Waals surface area contributed by atoms with Gasteiger partial charge in [0.25, 0.3) is 5.91 Å². The maximum Gasteiger partial charge on any atom is 0.336 e. The minimum absolute atomic E-state index is 0.207. The van der Waals surface area contributed by atoms with Gasteiger partial charge < -0.3 is 14.5 Å². The van der Waals surface area contributed by atoms with E-state index < -0.39 is 5.63 Å². The van der Waals surface area contributed by atoms with Gasteiger partial charge in [-0.15, -0.1) is 0 Å². The monoisotopic (exact) mass is 377 g/mol. The molecule has 0 aliphatic rings. The molecule has 25 heavy (non-hydrogen) atoms. The van der Waals surface area contributed by atoms with Crippen LogP contribution in [0.3, 0.4) is 0 Å². The van der Waals surface area contributed by atoms with Crippen molar-refractivity contribution in [3.8, 4) is 5.75 Å². The molecule has 0 bridgehead atoms. The zero-order chi connectivity index (χ0) is 18.0. The normalized spacial score (nSPS) is 10.7. The van der Waals surface area contributed by atoms with Gasteiger partial charge in [0.2, 0.25) is 0 Å². The van der Waals surface area contributed by atoms with E-state index in [1.807, 2.05) is 6.92 Å². The summed E-state index contributed by atoms with van der Waals surface area (Å²) in [5.74, 6) is 0.0646. The van der Waals surface area contributed by atoms with Crippen LogP contribution in [0, 0.1) is 6.92 Å². The molecule has 7 heteroatoms. The lowest BCUT2D eigenvalue weighted by molar-refractivity contribution is -0.118. The second-order valence-electron chi connectivity index (χ2n) is 5.37. The molecule has 0 aliphatic heterocycles. The van der Waals surface area contributed by atoms with Crippen LogP contribution in [-0.2, 0) is 4.79 Å². The minimum atomic E-state index is -0.431. The standard InChI is InChI=1S/C18H13Cl2NO4/c1-10-6-18(23)25-16-8-12(3-4-13(10)16)24-9-17(22)21-11-2-5-14(19)15(20)7-11/h2-8H,9H2,1H3,(H,21,22). The summed E-state index contributed by atoms with van der Waals surface area (Å²) in [6.07, 6.45) is 0. The zero-order valence-corrected chi connectivity index (χ0v) is 14.6. The van der Waals surface area contributed by atoms with Gasteiger partial charge in [-0.25, -0.2) is 4.79 Å². The molecule has 0 fully saturated rings. The lowest BCUT2D eigenvalue weighted by atomic mass is 10.1. The van der Waals surface area contributed by atoms with Crippen LogP contribution in [0.25, 0.3) is 11.0 Å². The number of hydrogen-bond acceptors (Lipinski definition) is 4. The van der Waals surface area contributed by atoms with Crippen LogP contribution in [0.15, 0.2) is 51.7 Å². The Morgan fingerprint density at radius 1 is 1.12 bits per heavy atom. The first-order valence-corrected chi connectivity index (χ1v) is 8.10. The van der Waals surface area contributed by atoms with Crippen molar-refractivity contribution in [1.29, 1.82) is 0 Å². The third-order valence-corrected chi connectivity index (χ3v) is 4.24. The van der Waals surface area contributed by atoms with Gasteiger partial charge in [0, 0.05) is 23.2 Å². The van der Waals surface area contributed by atoms with Crippen molar-refractivity contribution >= 4 is 45.8 Å². The first-order chi connectivity index (χ1) is 11.9. The number of rotatable bonds is 4. The van der Waals surface area contributed by atoms with E-state index in [1.54, 1.807) is 36.4 Å². The molecule has 0 saturated heterocycles. The number of carbonyl (C=O) groups excluding carboxylic acids is 1. The van der Waals surface area contributed by atoms with Crippen molar-refractivity contribution in [3.63, 3.8) is 0 Å².